The Labute approximate surface area is 364 Å². The lowest BCUT2D eigenvalue weighted by Crippen LogP contribution is -2.54. The Morgan fingerprint density at radius 1 is 0.683 bits per heavy atom. The molecule has 3 heterocycles. The van der Waals surface area contributed by atoms with E-state index >= 15 is 0 Å². The van der Waals surface area contributed by atoms with Crippen LogP contribution in [0.2, 0.25) is 0 Å². The number of fused-ring (bicyclic) bond motifs is 2. The maximum absolute atomic E-state index is 13.3. The van der Waals surface area contributed by atoms with Gasteiger partial charge in [0, 0.05) is 62.0 Å². The van der Waals surface area contributed by atoms with Crippen molar-refractivity contribution in [2.45, 2.75) is 30.4 Å². The molecule has 0 aromatic heterocycles. The lowest BCUT2D eigenvalue weighted by Gasteiger charge is -2.36. The number of piperidine rings is 1. The van der Waals surface area contributed by atoms with Gasteiger partial charge in [-0.2, -0.15) is 0 Å². The first-order chi connectivity index (χ1) is 30.5. The van der Waals surface area contributed by atoms with E-state index in [0.717, 1.165) is 56.9 Å². The first-order valence-corrected chi connectivity index (χ1v) is 22.7. The minimum atomic E-state index is -3.36. The van der Waals surface area contributed by atoms with E-state index in [2.05, 4.69) is 15.1 Å². The van der Waals surface area contributed by atoms with Crippen molar-refractivity contribution in [2.75, 3.05) is 50.5 Å². The fourth-order valence-electron chi connectivity index (χ4n) is 8.23. The summed E-state index contributed by atoms with van der Waals surface area (Å²) in [5.41, 5.74) is 4.04. The van der Waals surface area contributed by atoms with E-state index in [4.69, 9.17) is 14.2 Å². The van der Waals surface area contributed by atoms with Gasteiger partial charge in [-0.3, -0.25) is 34.3 Å². The molecule has 1 atom stereocenters. The monoisotopic (exact) mass is 864 g/mol. The molecule has 0 spiro atoms. The van der Waals surface area contributed by atoms with E-state index in [-0.39, 0.29) is 28.9 Å². The Hall–Kier alpha value is -7.03. The van der Waals surface area contributed by atoms with Crippen LogP contribution < -0.4 is 24.4 Å². The standard InChI is InChI=1S/C49H44N4O9S/c1-63(58,59)39-16-7-33(8-17-39)40-18-9-34-29-38(61-31-32-5-3-2-4-6-32)15-20-41(34)46(40)62-37-13-11-36(12-14-37)60-28-27-51-23-25-52(26-24-51)35-10-19-42-43(30-35)49(57)53(48(42)56)44-21-22-45(54)50-47(44)55/h2-20,29-30,44H,21-28,31H2,1H3,(H,50,54,55). The number of ether oxygens (including phenoxy) is 3. The smallest absolute Gasteiger partial charge is 0.262 e. The zero-order valence-electron chi connectivity index (χ0n) is 34.5. The van der Waals surface area contributed by atoms with Gasteiger partial charge in [-0.15, -0.1) is 0 Å². The number of imide groups is 2. The van der Waals surface area contributed by atoms with Gasteiger partial charge >= 0.3 is 0 Å². The Morgan fingerprint density at radius 2 is 1.38 bits per heavy atom. The predicted octanol–water partition coefficient (Wildman–Crippen LogP) is 6.88. The summed E-state index contributed by atoms with van der Waals surface area (Å²) in [5.74, 6) is 0.577. The average molecular weight is 865 g/mol. The molecule has 0 saturated carbocycles. The molecule has 320 valence electrons. The van der Waals surface area contributed by atoms with E-state index in [1.54, 1.807) is 36.4 Å². The number of amides is 4. The largest absolute Gasteiger partial charge is 0.492 e. The van der Waals surface area contributed by atoms with Crippen LogP contribution in [0.15, 0.2) is 132 Å². The zero-order chi connectivity index (χ0) is 43.7. The number of nitrogens with zero attached hydrogens (tertiary/aromatic N) is 3. The Balaban J connectivity index is 0.822. The number of piperazine rings is 1. The van der Waals surface area contributed by atoms with Crippen molar-refractivity contribution in [1.82, 2.24) is 15.1 Å². The molecule has 0 radical (unpaired) electrons. The van der Waals surface area contributed by atoms with Crippen molar-refractivity contribution in [3.63, 3.8) is 0 Å². The molecule has 6 aromatic rings. The summed E-state index contributed by atoms with van der Waals surface area (Å²) in [6.07, 6.45) is 1.38. The van der Waals surface area contributed by atoms with E-state index < -0.39 is 39.5 Å². The van der Waals surface area contributed by atoms with Gasteiger partial charge in [0.05, 0.1) is 16.0 Å². The zero-order valence-corrected chi connectivity index (χ0v) is 35.3. The van der Waals surface area contributed by atoms with Crippen LogP contribution in [0.25, 0.3) is 21.9 Å². The molecule has 6 aromatic carbocycles. The van der Waals surface area contributed by atoms with Crippen LogP contribution in [0.4, 0.5) is 5.69 Å². The average Bonchev–Trinajstić information content (AvgIpc) is 3.54. The van der Waals surface area contributed by atoms with Crippen molar-refractivity contribution < 1.29 is 41.8 Å². The third-order valence-corrected chi connectivity index (χ3v) is 12.8. The van der Waals surface area contributed by atoms with Gasteiger partial charge in [0.1, 0.15) is 42.3 Å². The SMILES string of the molecule is CS(=O)(=O)c1ccc(-c2ccc3cc(OCc4ccccc4)ccc3c2Oc2ccc(OCCN3CCN(c4ccc5c(c4)C(=O)N(C4CCC(=O)NC4=O)C5=O)CC3)cc2)cc1. The molecule has 13 nitrogen and oxygen atoms in total. The highest BCUT2D eigenvalue weighted by atomic mass is 32.2. The van der Waals surface area contributed by atoms with Crippen LogP contribution in [0.5, 0.6) is 23.0 Å². The minimum absolute atomic E-state index is 0.0729. The molecule has 2 saturated heterocycles. The van der Waals surface area contributed by atoms with Gasteiger partial charge in [0.25, 0.3) is 11.8 Å². The fraction of sp³-hybridized carbons (Fsp3) is 0.224. The highest BCUT2D eigenvalue weighted by Crippen LogP contribution is 2.41. The van der Waals surface area contributed by atoms with Crippen LogP contribution in [-0.4, -0.2) is 93.5 Å². The molecule has 63 heavy (non-hydrogen) atoms. The Morgan fingerprint density at radius 3 is 2.11 bits per heavy atom. The molecule has 3 aliphatic rings. The second kappa shape index (κ2) is 17.4. The summed E-state index contributed by atoms with van der Waals surface area (Å²) in [6, 6.07) is 38.3. The van der Waals surface area contributed by atoms with Crippen molar-refractivity contribution in [2.24, 2.45) is 0 Å². The fourth-order valence-corrected chi connectivity index (χ4v) is 8.86. The second-order valence-corrected chi connectivity index (χ2v) is 17.8. The number of rotatable bonds is 13. The molecule has 0 aliphatic carbocycles. The van der Waals surface area contributed by atoms with Crippen LogP contribution in [0.3, 0.4) is 0 Å². The summed E-state index contributed by atoms with van der Waals surface area (Å²) in [5, 5.41) is 4.02. The van der Waals surface area contributed by atoms with Gasteiger partial charge in [-0.1, -0.05) is 48.5 Å². The summed E-state index contributed by atoms with van der Waals surface area (Å²) in [4.78, 5) is 56.3. The predicted molar refractivity (Wildman–Crippen MR) is 237 cm³/mol. The third kappa shape index (κ3) is 8.86. The lowest BCUT2D eigenvalue weighted by molar-refractivity contribution is -0.136. The van der Waals surface area contributed by atoms with Crippen LogP contribution in [-0.2, 0) is 26.0 Å². The van der Waals surface area contributed by atoms with Gasteiger partial charge in [0.2, 0.25) is 11.8 Å². The molecule has 2 fully saturated rings. The number of carbonyl (C=O) groups excluding carboxylic acids is 4. The topological polar surface area (TPSA) is 152 Å². The molecule has 4 amide bonds. The summed E-state index contributed by atoms with van der Waals surface area (Å²) < 4.78 is 43.3. The van der Waals surface area contributed by atoms with Crippen LogP contribution in [0.1, 0.15) is 39.1 Å². The molecular weight excluding hydrogens is 821 g/mol. The number of anilines is 1. The minimum Gasteiger partial charge on any atom is -0.492 e. The van der Waals surface area contributed by atoms with Crippen molar-refractivity contribution in [3.05, 3.63) is 144 Å². The van der Waals surface area contributed by atoms with E-state index in [1.807, 2.05) is 91.0 Å². The first-order valence-electron chi connectivity index (χ1n) is 20.8. The first kappa shape index (κ1) is 41.3. The van der Waals surface area contributed by atoms with Crippen LogP contribution >= 0.6 is 0 Å². The molecule has 0 bridgehead atoms. The second-order valence-electron chi connectivity index (χ2n) is 15.8. The van der Waals surface area contributed by atoms with Gasteiger partial charge in [0.15, 0.2) is 9.84 Å². The summed E-state index contributed by atoms with van der Waals surface area (Å²) >= 11 is 0. The summed E-state index contributed by atoms with van der Waals surface area (Å²) in [7, 11) is -3.36. The van der Waals surface area contributed by atoms with Gasteiger partial charge < -0.3 is 19.1 Å². The van der Waals surface area contributed by atoms with Crippen molar-refractivity contribution in [3.8, 4) is 34.1 Å². The quantitative estimate of drug-likeness (QED) is 0.121. The van der Waals surface area contributed by atoms with Gasteiger partial charge in [-0.25, -0.2) is 8.42 Å². The number of hydrogen-bond acceptors (Lipinski definition) is 11. The van der Waals surface area contributed by atoms with Gasteiger partial charge in [-0.05, 0) is 102 Å². The highest BCUT2D eigenvalue weighted by Gasteiger charge is 2.44. The number of nitrogens with one attached hydrogen (secondary N) is 1. The molecular formula is C49H44N4O9S. The number of benzene rings is 6. The Kier molecular flexibility index (Phi) is 11.4. The number of carbonyl (C=O) groups is 4. The van der Waals surface area contributed by atoms with E-state index in [0.29, 0.717) is 50.1 Å². The maximum Gasteiger partial charge on any atom is 0.262 e. The molecule has 1 N–H and O–H groups in total. The van der Waals surface area contributed by atoms with Crippen LogP contribution in [0, 0.1) is 0 Å². The summed E-state index contributed by atoms with van der Waals surface area (Å²) in [6.45, 7) is 4.58. The molecule has 9 rings (SSSR count). The molecule has 3 aliphatic heterocycles. The number of sulfone groups is 1. The molecule has 1 unspecified atom stereocenters. The highest BCUT2D eigenvalue weighted by molar-refractivity contribution is 7.90. The maximum atomic E-state index is 13.3. The third-order valence-electron chi connectivity index (χ3n) is 11.7. The van der Waals surface area contributed by atoms with E-state index in [1.165, 1.54) is 6.26 Å². The lowest BCUT2D eigenvalue weighted by atomic mass is 9.99. The van der Waals surface area contributed by atoms with E-state index in [9.17, 15) is 27.6 Å². The van der Waals surface area contributed by atoms with Crippen molar-refractivity contribution >= 4 is 49.9 Å². The Bertz CT molecular complexity index is 2840. The number of hydrogen-bond donors (Lipinski definition) is 1. The molecule has 14 heteroatoms. The van der Waals surface area contributed by atoms with Crippen molar-refractivity contribution in [1.29, 1.82) is 0 Å². The normalized spacial score (nSPS) is 16.9.